The minimum Gasteiger partial charge on any atom is -0.325 e. The molecule has 0 fully saturated rings. The zero-order valence-corrected chi connectivity index (χ0v) is 21.8. The standard InChI is InChI=1S/C24H27FN4O5S2/c1-17-9-10-18(2)22(15-17)27-35(31,32)20-13-11-19(12-14-20)26-24(30)16-29(36(33,34)28(3)4)23-8-6-5-7-21(23)25/h5-15,27H,16H2,1-4H3,(H,26,30). The van der Waals surface area contributed by atoms with Crippen molar-refractivity contribution in [2.24, 2.45) is 0 Å². The van der Waals surface area contributed by atoms with Gasteiger partial charge in [-0.3, -0.25) is 9.52 Å². The van der Waals surface area contributed by atoms with Crippen molar-refractivity contribution in [1.29, 1.82) is 0 Å². The topological polar surface area (TPSA) is 116 Å². The molecule has 0 unspecified atom stereocenters. The van der Waals surface area contributed by atoms with Crippen molar-refractivity contribution in [1.82, 2.24) is 4.31 Å². The van der Waals surface area contributed by atoms with E-state index in [2.05, 4.69) is 10.0 Å². The number of rotatable bonds is 9. The molecule has 192 valence electrons. The normalized spacial score (nSPS) is 11.8. The third-order valence-corrected chi connectivity index (χ3v) is 8.42. The molecule has 0 atom stereocenters. The van der Waals surface area contributed by atoms with Crippen molar-refractivity contribution in [2.45, 2.75) is 18.7 Å². The second kappa shape index (κ2) is 10.6. The highest BCUT2D eigenvalue weighted by molar-refractivity contribution is 7.92. The summed E-state index contributed by atoms with van der Waals surface area (Å²) in [6.45, 7) is 2.94. The number of benzene rings is 3. The molecule has 3 aromatic carbocycles. The van der Waals surface area contributed by atoms with Crippen molar-refractivity contribution in [2.75, 3.05) is 35.0 Å². The molecule has 0 aliphatic carbocycles. The minimum atomic E-state index is -4.19. The van der Waals surface area contributed by atoms with Crippen LogP contribution in [-0.4, -0.2) is 47.7 Å². The highest BCUT2D eigenvalue weighted by Gasteiger charge is 2.29. The molecular weight excluding hydrogens is 507 g/mol. The van der Waals surface area contributed by atoms with Crippen LogP contribution >= 0.6 is 0 Å². The largest absolute Gasteiger partial charge is 0.325 e. The third-order valence-electron chi connectivity index (χ3n) is 5.23. The molecule has 0 spiro atoms. The summed E-state index contributed by atoms with van der Waals surface area (Å²) in [6, 6.07) is 16.0. The maximum absolute atomic E-state index is 14.4. The Bertz CT molecular complexity index is 1470. The van der Waals surface area contributed by atoms with Crippen molar-refractivity contribution in [3.8, 4) is 0 Å². The van der Waals surface area contributed by atoms with Gasteiger partial charge in [-0.1, -0.05) is 24.3 Å². The second-order valence-electron chi connectivity index (χ2n) is 8.24. The summed E-state index contributed by atoms with van der Waals surface area (Å²) < 4.78 is 69.5. The van der Waals surface area contributed by atoms with E-state index in [4.69, 9.17) is 0 Å². The Morgan fingerprint density at radius 3 is 2.17 bits per heavy atom. The molecule has 2 N–H and O–H groups in total. The van der Waals surface area contributed by atoms with Gasteiger partial charge in [0.15, 0.2) is 0 Å². The fraction of sp³-hybridized carbons (Fsp3) is 0.208. The maximum atomic E-state index is 14.4. The highest BCUT2D eigenvalue weighted by atomic mass is 32.2. The molecule has 0 aliphatic heterocycles. The van der Waals surface area contributed by atoms with Gasteiger partial charge in [-0.15, -0.1) is 0 Å². The van der Waals surface area contributed by atoms with Crippen LogP contribution in [0.5, 0.6) is 0 Å². The molecule has 0 bridgehead atoms. The first-order valence-corrected chi connectivity index (χ1v) is 13.6. The van der Waals surface area contributed by atoms with E-state index >= 15 is 0 Å². The second-order valence-corrected chi connectivity index (χ2v) is 12.0. The molecule has 9 nitrogen and oxygen atoms in total. The van der Waals surface area contributed by atoms with Crippen LogP contribution in [-0.2, 0) is 25.0 Å². The summed E-state index contributed by atoms with van der Waals surface area (Å²) in [5.74, 6) is -1.55. The van der Waals surface area contributed by atoms with E-state index in [1.54, 1.807) is 13.0 Å². The van der Waals surface area contributed by atoms with Crippen LogP contribution in [0, 0.1) is 19.7 Å². The van der Waals surface area contributed by atoms with Gasteiger partial charge < -0.3 is 5.32 Å². The number of para-hydroxylation sites is 1. The molecular formula is C24H27FN4O5S2. The number of carbonyl (C=O) groups is 1. The van der Waals surface area contributed by atoms with E-state index in [1.807, 2.05) is 19.1 Å². The Morgan fingerprint density at radius 1 is 0.917 bits per heavy atom. The number of hydrogen-bond donors (Lipinski definition) is 2. The summed E-state index contributed by atoms with van der Waals surface area (Å²) in [4.78, 5) is 12.7. The first-order chi connectivity index (χ1) is 16.8. The third kappa shape index (κ3) is 6.20. The van der Waals surface area contributed by atoms with Crippen molar-refractivity contribution in [3.05, 3.63) is 83.7 Å². The summed E-state index contributed by atoms with van der Waals surface area (Å²) in [5.41, 5.74) is 2.08. The zero-order valence-electron chi connectivity index (χ0n) is 20.2. The molecule has 1 amide bonds. The average Bonchev–Trinajstić information content (AvgIpc) is 2.80. The summed E-state index contributed by atoms with van der Waals surface area (Å²) >= 11 is 0. The van der Waals surface area contributed by atoms with Gasteiger partial charge in [-0.05, 0) is 67.4 Å². The number of nitrogens with zero attached hydrogens (tertiary/aromatic N) is 2. The van der Waals surface area contributed by atoms with Gasteiger partial charge in [0.05, 0.1) is 16.3 Å². The molecule has 0 aromatic heterocycles. The number of anilines is 3. The molecule has 0 saturated carbocycles. The number of aryl methyl sites for hydroxylation is 2. The smallest absolute Gasteiger partial charge is 0.304 e. The van der Waals surface area contributed by atoms with Crippen LogP contribution in [0.3, 0.4) is 0 Å². The van der Waals surface area contributed by atoms with Gasteiger partial charge in [-0.25, -0.2) is 17.1 Å². The fourth-order valence-electron chi connectivity index (χ4n) is 3.24. The van der Waals surface area contributed by atoms with E-state index in [0.29, 0.717) is 9.99 Å². The quantitative estimate of drug-likeness (QED) is 0.436. The number of sulfonamides is 1. The first kappa shape index (κ1) is 27.1. The van der Waals surface area contributed by atoms with Crippen LogP contribution in [0.15, 0.2) is 71.6 Å². The van der Waals surface area contributed by atoms with E-state index in [1.165, 1.54) is 56.6 Å². The molecule has 0 radical (unpaired) electrons. The SMILES string of the molecule is Cc1ccc(C)c(NS(=O)(=O)c2ccc(NC(=O)CN(c3ccccc3F)S(=O)(=O)N(C)C)cc2)c1. The molecule has 3 aromatic rings. The Hall–Kier alpha value is -3.48. The van der Waals surface area contributed by atoms with E-state index < -0.39 is 38.5 Å². The Balaban J connectivity index is 1.77. The molecule has 0 heterocycles. The van der Waals surface area contributed by atoms with Gasteiger partial charge in [0.2, 0.25) is 5.91 Å². The Labute approximate surface area is 210 Å². The van der Waals surface area contributed by atoms with Gasteiger partial charge in [0.25, 0.3) is 10.0 Å². The van der Waals surface area contributed by atoms with Gasteiger partial charge in [0, 0.05) is 19.8 Å². The molecule has 0 aliphatic rings. The fourth-order valence-corrected chi connectivity index (χ4v) is 5.43. The summed E-state index contributed by atoms with van der Waals surface area (Å²) in [6.07, 6.45) is 0. The van der Waals surface area contributed by atoms with E-state index in [9.17, 15) is 26.0 Å². The van der Waals surface area contributed by atoms with Crippen LogP contribution in [0.2, 0.25) is 0 Å². The predicted molar refractivity (Wildman–Crippen MR) is 138 cm³/mol. The molecule has 3 rings (SSSR count). The zero-order chi connectivity index (χ0) is 26.7. The van der Waals surface area contributed by atoms with Crippen LogP contribution in [0.25, 0.3) is 0 Å². The lowest BCUT2D eigenvalue weighted by Crippen LogP contribution is -2.44. The van der Waals surface area contributed by atoms with Crippen molar-refractivity contribution < 1.29 is 26.0 Å². The number of halogens is 1. The minimum absolute atomic E-state index is 0.0235. The van der Waals surface area contributed by atoms with E-state index in [-0.39, 0.29) is 16.3 Å². The first-order valence-electron chi connectivity index (χ1n) is 10.8. The Morgan fingerprint density at radius 2 is 1.56 bits per heavy atom. The number of amides is 1. The van der Waals surface area contributed by atoms with Gasteiger partial charge in [0.1, 0.15) is 12.4 Å². The average molecular weight is 535 g/mol. The molecule has 0 saturated heterocycles. The highest BCUT2D eigenvalue weighted by Crippen LogP contribution is 2.24. The van der Waals surface area contributed by atoms with Gasteiger partial charge in [-0.2, -0.15) is 12.7 Å². The van der Waals surface area contributed by atoms with Crippen molar-refractivity contribution >= 4 is 43.2 Å². The van der Waals surface area contributed by atoms with Crippen LogP contribution < -0.4 is 14.3 Å². The lowest BCUT2D eigenvalue weighted by Gasteiger charge is -2.27. The lowest BCUT2D eigenvalue weighted by atomic mass is 10.1. The maximum Gasteiger partial charge on any atom is 0.304 e. The van der Waals surface area contributed by atoms with Crippen LogP contribution in [0.4, 0.5) is 21.5 Å². The predicted octanol–water partition coefficient (Wildman–Crippen LogP) is 3.49. The van der Waals surface area contributed by atoms with Crippen LogP contribution in [0.1, 0.15) is 11.1 Å². The number of hydrogen-bond acceptors (Lipinski definition) is 5. The summed E-state index contributed by atoms with van der Waals surface area (Å²) in [7, 11) is -5.53. The van der Waals surface area contributed by atoms with Crippen molar-refractivity contribution in [3.63, 3.8) is 0 Å². The number of carbonyl (C=O) groups excluding carboxylic acids is 1. The molecule has 12 heteroatoms. The Kier molecular flexibility index (Phi) is 8.02. The monoisotopic (exact) mass is 534 g/mol. The van der Waals surface area contributed by atoms with Gasteiger partial charge >= 0.3 is 10.2 Å². The summed E-state index contributed by atoms with van der Waals surface area (Å²) in [5, 5.41) is 2.52. The number of nitrogens with one attached hydrogen (secondary N) is 2. The molecule has 36 heavy (non-hydrogen) atoms. The van der Waals surface area contributed by atoms with E-state index in [0.717, 1.165) is 21.5 Å². The lowest BCUT2D eigenvalue weighted by molar-refractivity contribution is -0.114.